The van der Waals surface area contributed by atoms with Gasteiger partial charge in [-0.15, -0.1) is 0 Å². The number of carboxylic acids is 1. The van der Waals surface area contributed by atoms with E-state index in [9.17, 15) is 19.8 Å². The van der Waals surface area contributed by atoms with E-state index < -0.39 is 17.9 Å². The third kappa shape index (κ3) is 5.28. The normalized spacial score (nSPS) is 12.0. The average Bonchev–Trinajstić information content (AvgIpc) is 2.55. The lowest BCUT2D eigenvalue weighted by Gasteiger charge is -2.13. The van der Waals surface area contributed by atoms with Crippen LogP contribution in [0, 0.1) is 6.92 Å². The summed E-state index contributed by atoms with van der Waals surface area (Å²) in [7, 11) is 0. The molecule has 0 fully saturated rings. The van der Waals surface area contributed by atoms with Crippen LogP contribution in [0.4, 0.5) is 0 Å². The zero-order chi connectivity index (χ0) is 17.5. The molecule has 0 saturated carbocycles. The van der Waals surface area contributed by atoms with Gasteiger partial charge < -0.3 is 15.5 Å². The highest BCUT2D eigenvalue weighted by molar-refractivity contribution is 5.94. The van der Waals surface area contributed by atoms with Crippen molar-refractivity contribution in [2.45, 2.75) is 19.4 Å². The molecular formula is C19H19NO4. The number of carbonyl (C=O) groups is 2. The van der Waals surface area contributed by atoms with Gasteiger partial charge in [0.1, 0.15) is 11.8 Å². The molecule has 1 atom stereocenters. The molecule has 5 heteroatoms. The van der Waals surface area contributed by atoms with Crippen molar-refractivity contribution < 1.29 is 19.8 Å². The Morgan fingerprint density at radius 3 is 2.29 bits per heavy atom. The van der Waals surface area contributed by atoms with Gasteiger partial charge in [-0.2, -0.15) is 0 Å². The lowest BCUT2D eigenvalue weighted by Crippen LogP contribution is -2.41. The van der Waals surface area contributed by atoms with Crippen LogP contribution < -0.4 is 5.32 Å². The van der Waals surface area contributed by atoms with Gasteiger partial charge in [-0.05, 0) is 36.3 Å². The predicted molar refractivity (Wildman–Crippen MR) is 91.6 cm³/mol. The van der Waals surface area contributed by atoms with Gasteiger partial charge in [-0.25, -0.2) is 4.79 Å². The third-order valence-corrected chi connectivity index (χ3v) is 3.50. The molecule has 124 valence electrons. The Bertz CT molecular complexity index is 733. The van der Waals surface area contributed by atoms with Crippen LogP contribution in [-0.2, 0) is 16.0 Å². The lowest BCUT2D eigenvalue weighted by atomic mass is 10.1. The van der Waals surface area contributed by atoms with Gasteiger partial charge in [0.25, 0.3) is 0 Å². The van der Waals surface area contributed by atoms with Gasteiger partial charge in [-0.3, -0.25) is 4.79 Å². The molecule has 0 aliphatic rings. The van der Waals surface area contributed by atoms with E-state index >= 15 is 0 Å². The first-order valence-corrected chi connectivity index (χ1v) is 7.50. The predicted octanol–water partition coefficient (Wildman–Crippen LogP) is 2.53. The molecule has 0 aromatic heterocycles. The Morgan fingerprint density at radius 1 is 1.08 bits per heavy atom. The molecule has 2 rings (SSSR count). The summed E-state index contributed by atoms with van der Waals surface area (Å²) in [5.74, 6) is -1.47. The van der Waals surface area contributed by atoms with E-state index in [1.54, 1.807) is 18.2 Å². The van der Waals surface area contributed by atoms with Crippen LogP contribution in [0.2, 0.25) is 0 Å². The molecule has 0 bridgehead atoms. The SMILES string of the molecule is Cc1ccc(/C=C/C(=O)N[C@@H](Cc2ccc(O)cc2)C(=O)O)cc1. The molecule has 0 heterocycles. The number of benzene rings is 2. The molecule has 1 amide bonds. The number of phenolic OH excluding ortho intramolecular Hbond substituents is 1. The van der Waals surface area contributed by atoms with Crippen molar-refractivity contribution in [3.8, 4) is 5.75 Å². The molecule has 5 nitrogen and oxygen atoms in total. The minimum atomic E-state index is -1.11. The van der Waals surface area contributed by atoms with Crippen molar-refractivity contribution >= 4 is 18.0 Å². The summed E-state index contributed by atoms with van der Waals surface area (Å²) in [5, 5.41) is 21.0. The summed E-state index contributed by atoms with van der Waals surface area (Å²) in [4.78, 5) is 23.3. The summed E-state index contributed by atoms with van der Waals surface area (Å²) in [5.41, 5.74) is 2.70. The molecule has 0 unspecified atom stereocenters. The van der Waals surface area contributed by atoms with Crippen molar-refractivity contribution in [2.75, 3.05) is 0 Å². The molecule has 0 radical (unpaired) electrons. The van der Waals surface area contributed by atoms with Crippen LogP contribution >= 0.6 is 0 Å². The van der Waals surface area contributed by atoms with Crippen LogP contribution in [0.5, 0.6) is 5.75 Å². The topological polar surface area (TPSA) is 86.6 Å². The second-order valence-corrected chi connectivity index (χ2v) is 5.51. The van der Waals surface area contributed by atoms with E-state index in [0.717, 1.165) is 11.1 Å². The fourth-order valence-electron chi connectivity index (χ4n) is 2.14. The van der Waals surface area contributed by atoms with E-state index in [-0.39, 0.29) is 12.2 Å². The second kappa shape index (κ2) is 7.97. The van der Waals surface area contributed by atoms with E-state index in [4.69, 9.17) is 0 Å². The van der Waals surface area contributed by atoms with E-state index in [0.29, 0.717) is 5.56 Å². The number of amides is 1. The zero-order valence-electron chi connectivity index (χ0n) is 13.3. The number of hydrogen-bond donors (Lipinski definition) is 3. The summed E-state index contributed by atoms with van der Waals surface area (Å²) < 4.78 is 0. The molecule has 0 aliphatic heterocycles. The smallest absolute Gasteiger partial charge is 0.326 e. The average molecular weight is 325 g/mol. The number of nitrogens with one attached hydrogen (secondary N) is 1. The monoisotopic (exact) mass is 325 g/mol. The molecular weight excluding hydrogens is 306 g/mol. The van der Waals surface area contributed by atoms with Crippen LogP contribution in [0.25, 0.3) is 6.08 Å². The van der Waals surface area contributed by atoms with Crippen molar-refractivity contribution in [2.24, 2.45) is 0 Å². The van der Waals surface area contributed by atoms with E-state index in [2.05, 4.69) is 5.32 Å². The summed E-state index contributed by atoms with van der Waals surface area (Å²) in [6.45, 7) is 1.97. The number of aliphatic carboxylic acids is 1. The van der Waals surface area contributed by atoms with Gasteiger partial charge in [0.05, 0.1) is 0 Å². The highest BCUT2D eigenvalue weighted by Gasteiger charge is 2.19. The molecule has 0 spiro atoms. The minimum Gasteiger partial charge on any atom is -0.508 e. The fourth-order valence-corrected chi connectivity index (χ4v) is 2.14. The lowest BCUT2D eigenvalue weighted by molar-refractivity contribution is -0.141. The Kier molecular flexibility index (Phi) is 5.73. The van der Waals surface area contributed by atoms with Gasteiger partial charge in [0.2, 0.25) is 5.91 Å². The largest absolute Gasteiger partial charge is 0.508 e. The van der Waals surface area contributed by atoms with Gasteiger partial charge in [-0.1, -0.05) is 42.0 Å². The maximum atomic E-state index is 11.9. The third-order valence-electron chi connectivity index (χ3n) is 3.50. The number of carbonyl (C=O) groups excluding carboxylic acids is 1. The highest BCUT2D eigenvalue weighted by atomic mass is 16.4. The number of rotatable bonds is 6. The molecule has 3 N–H and O–H groups in total. The fraction of sp³-hybridized carbons (Fsp3) is 0.158. The number of phenols is 1. The first-order valence-electron chi connectivity index (χ1n) is 7.50. The van der Waals surface area contributed by atoms with Crippen molar-refractivity contribution in [1.82, 2.24) is 5.32 Å². The van der Waals surface area contributed by atoms with Crippen LogP contribution in [-0.4, -0.2) is 28.1 Å². The van der Waals surface area contributed by atoms with E-state index in [1.165, 1.54) is 18.2 Å². The Labute approximate surface area is 140 Å². The quantitative estimate of drug-likeness (QED) is 0.712. The minimum absolute atomic E-state index is 0.107. The van der Waals surface area contributed by atoms with Crippen LogP contribution in [0.15, 0.2) is 54.6 Å². The van der Waals surface area contributed by atoms with Crippen molar-refractivity contribution in [3.05, 3.63) is 71.3 Å². The van der Waals surface area contributed by atoms with E-state index in [1.807, 2.05) is 31.2 Å². The van der Waals surface area contributed by atoms with Gasteiger partial charge in [0.15, 0.2) is 0 Å². The molecule has 0 aliphatic carbocycles. The molecule has 24 heavy (non-hydrogen) atoms. The Hall–Kier alpha value is -3.08. The summed E-state index contributed by atoms with van der Waals surface area (Å²) >= 11 is 0. The standard InChI is InChI=1S/C19H19NO4/c1-13-2-4-14(5-3-13)8-11-18(22)20-17(19(23)24)12-15-6-9-16(21)10-7-15/h2-11,17,21H,12H2,1H3,(H,20,22)(H,23,24)/b11-8+/t17-/m0/s1. The maximum Gasteiger partial charge on any atom is 0.326 e. The molecule has 0 saturated heterocycles. The number of aryl methyl sites for hydroxylation is 1. The summed E-state index contributed by atoms with van der Waals surface area (Å²) in [6.07, 6.45) is 3.09. The second-order valence-electron chi connectivity index (χ2n) is 5.51. The van der Waals surface area contributed by atoms with Gasteiger partial charge >= 0.3 is 5.97 Å². The summed E-state index contributed by atoms with van der Waals surface area (Å²) in [6, 6.07) is 12.8. The van der Waals surface area contributed by atoms with Crippen LogP contribution in [0.3, 0.4) is 0 Å². The highest BCUT2D eigenvalue weighted by Crippen LogP contribution is 2.11. The van der Waals surface area contributed by atoms with Gasteiger partial charge in [0, 0.05) is 12.5 Å². The first kappa shape index (κ1) is 17.3. The van der Waals surface area contributed by atoms with Crippen LogP contribution in [0.1, 0.15) is 16.7 Å². The Morgan fingerprint density at radius 2 is 1.71 bits per heavy atom. The molecule has 2 aromatic carbocycles. The number of hydrogen-bond acceptors (Lipinski definition) is 3. The van der Waals surface area contributed by atoms with Crippen molar-refractivity contribution in [3.63, 3.8) is 0 Å². The first-order chi connectivity index (χ1) is 11.4. The number of carboxylic acid groups (broad SMARTS) is 1. The number of aromatic hydroxyl groups is 1. The zero-order valence-corrected chi connectivity index (χ0v) is 13.3. The molecule has 2 aromatic rings. The van der Waals surface area contributed by atoms with Crippen molar-refractivity contribution in [1.29, 1.82) is 0 Å². The Balaban J connectivity index is 1.99. The maximum absolute atomic E-state index is 11.9.